The van der Waals surface area contributed by atoms with E-state index in [0.29, 0.717) is 18.2 Å². The van der Waals surface area contributed by atoms with E-state index in [2.05, 4.69) is 10.3 Å². The van der Waals surface area contributed by atoms with Crippen molar-refractivity contribution < 1.29 is 17.6 Å². The minimum Gasteiger partial charge on any atom is -0.438 e. The highest BCUT2D eigenvalue weighted by atomic mass is 32.2. The van der Waals surface area contributed by atoms with Gasteiger partial charge in [0.15, 0.2) is 10.9 Å². The molecule has 10 heteroatoms. The molecular formula is C17H17N3O4S3. The molecule has 1 aliphatic rings. The molecule has 7 nitrogen and oxygen atoms in total. The van der Waals surface area contributed by atoms with Gasteiger partial charge in [-0.3, -0.25) is 10.1 Å². The summed E-state index contributed by atoms with van der Waals surface area (Å²) in [6.45, 7) is 0.963. The van der Waals surface area contributed by atoms with Crippen molar-refractivity contribution in [1.29, 1.82) is 0 Å². The number of furan rings is 1. The van der Waals surface area contributed by atoms with Gasteiger partial charge in [0.25, 0.3) is 15.9 Å². The molecule has 4 heterocycles. The van der Waals surface area contributed by atoms with Gasteiger partial charge in [0.2, 0.25) is 5.09 Å². The van der Waals surface area contributed by atoms with Crippen LogP contribution in [-0.2, 0) is 10.0 Å². The average molecular weight is 424 g/mol. The van der Waals surface area contributed by atoms with Crippen LogP contribution in [0, 0.1) is 0 Å². The molecule has 1 saturated heterocycles. The van der Waals surface area contributed by atoms with E-state index in [-0.39, 0.29) is 10.9 Å². The van der Waals surface area contributed by atoms with Gasteiger partial charge in [-0.25, -0.2) is 13.4 Å². The van der Waals surface area contributed by atoms with E-state index in [4.69, 9.17) is 4.42 Å². The maximum absolute atomic E-state index is 12.6. The highest BCUT2D eigenvalue weighted by Crippen LogP contribution is 2.29. The Labute approximate surface area is 164 Å². The number of aromatic nitrogens is 1. The Kier molecular flexibility index (Phi) is 5.13. The topological polar surface area (TPSA) is 92.5 Å². The fraction of sp³-hybridized carbons (Fsp3) is 0.294. The van der Waals surface area contributed by atoms with Gasteiger partial charge in [0, 0.05) is 18.5 Å². The lowest BCUT2D eigenvalue weighted by Gasteiger charge is -2.24. The van der Waals surface area contributed by atoms with E-state index in [0.717, 1.165) is 29.8 Å². The Morgan fingerprint density at radius 2 is 1.96 bits per heavy atom. The number of anilines is 1. The molecule has 3 aromatic heterocycles. The summed E-state index contributed by atoms with van der Waals surface area (Å²) in [6, 6.07) is 6.60. The van der Waals surface area contributed by atoms with Crippen molar-refractivity contribution in [1.82, 2.24) is 9.29 Å². The average Bonchev–Trinajstić information content (AvgIpc) is 3.42. The lowest BCUT2D eigenvalue weighted by molar-refractivity contribution is 0.0991. The zero-order valence-electron chi connectivity index (χ0n) is 14.3. The van der Waals surface area contributed by atoms with E-state index < -0.39 is 15.9 Å². The number of hydrogen-bond acceptors (Lipinski definition) is 7. The summed E-state index contributed by atoms with van der Waals surface area (Å²) < 4.78 is 32.0. The second kappa shape index (κ2) is 7.55. The van der Waals surface area contributed by atoms with E-state index >= 15 is 0 Å². The summed E-state index contributed by atoms with van der Waals surface area (Å²) in [5, 5.41) is 6.70. The number of thiazole rings is 1. The lowest BCUT2D eigenvalue weighted by Crippen LogP contribution is -2.35. The summed E-state index contributed by atoms with van der Waals surface area (Å²) >= 11 is 2.87. The van der Waals surface area contributed by atoms with Crippen molar-refractivity contribution >= 4 is 43.7 Å². The third-order valence-electron chi connectivity index (χ3n) is 4.21. The van der Waals surface area contributed by atoms with Gasteiger partial charge in [-0.05, 0) is 36.4 Å². The van der Waals surface area contributed by atoms with Gasteiger partial charge < -0.3 is 4.42 Å². The zero-order valence-corrected chi connectivity index (χ0v) is 16.7. The molecule has 142 valence electrons. The first kappa shape index (κ1) is 18.4. The highest BCUT2D eigenvalue weighted by Gasteiger charge is 2.29. The van der Waals surface area contributed by atoms with Gasteiger partial charge in [0.1, 0.15) is 0 Å². The molecule has 0 atom stereocenters. The Balaban J connectivity index is 1.47. The lowest BCUT2D eigenvalue weighted by atomic mass is 10.2. The van der Waals surface area contributed by atoms with Crippen LogP contribution in [0.5, 0.6) is 0 Å². The van der Waals surface area contributed by atoms with Crippen LogP contribution in [-0.4, -0.2) is 36.7 Å². The number of nitrogens with one attached hydrogen (secondary N) is 1. The Hall–Kier alpha value is -2.01. The zero-order chi connectivity index (χ0) is 18.9. The molecule has 1 amide bonds. The molecule has 0 aromatic carbocycles. The fourth-order valence-corrected chi connectivity index (χ4v) is 5.74. The molecule has 0 unspecified atom stereocenters. The summed E-state index contributed by atoms with van der Waals surface area (Å²) in [5.74, 6) is -0.583. The van der Waals surface area contributed by atoms with Crippen molar-refractivity contribution in [3.05, 3.63) is 40.8 Å². The molecule has 1 aliphatic heterocycles. The first-order chi connectivity index (χ1) is 13.0. The smallest absolute Gasteiger partial charge is 0.293 e. The molecule has 1 N–H and O–H groups in total. The molecule has 0 radical (unpaired) electrons. The number of sulfonamides is 1. The summed E-state index contributed by atoms with van der Waals surface area (Å²) in [5.41, 5.74) is 0.790. The molecule has 27 heavy (non-hydrogen) atoms. The third kappa shape index (κ3) is 3.84. The van der Waals surface area contributed by atoms with Crippen LogP contribution in [0.3, 0.4) is 0 Å². The largest absolute Gasteiger partial charge is 0.438 e. The van der Waals surface area contributed by atoms with Gasteiger partial charge in [-0.1, -0.05) is 12.5 Å². The van der Waals surface area contributed by atoms with E-state index in [1.54, 1.807) is 11.3 Å². The number of nitrogens with zero attached hydrogens (tertiary/aromatic N) is 2. The van der Waals surface area contributed by atoms with Crippen LogP contribution in [0.1, 0.15) is 29.8 Å². The van der Waals surface area contributed by atoms with Gasteiger partial charge in [0.05, 0.1) is 10.6 Å². The van der Waals surface area contributed by atoms with Crippen LogP contribution in [0.25, 0.3) is 10.6 Å². The highest BCUT2D eigenvalue weighted by molar-refractivity contribution is 7.89. The standard InChI is InChI=1S/C17H17N3O4S3/c21-16(19-17-18-12(11-26-17)14-5-4-10-25-14)13-6-7-15(24-13)27(22,23)20-8-2-1-3-9-20/h4-7,10-11H,1-3,8-9H2,(H,18,19,21). The molecule has 0 aliphatic carbocycles. The van der Waals surface area contributed by atoms with Crippen LogP contribution in [0.15, 0.2) is 44.5 Å². The number of rotatable bonds is 5. The number of carbonyl (C=O) groups excluding carboxylic acids is 1. The van der Waals surface area contributed by atoms with Crippen LogP contribution in [0.2, 0.25) is 0 Å². The first-order valence-corrected chi connectivity index (χ1v) is 11.6. The van der Waals surface area contributed by atoms with E-state index in [9.17, 15) is 13.2 Å². The number of piperidine rings is 1. The van der Waals surface area contributed by atoms with Gasteiger partial charge >= 0.3 is 0 Å². The first-order valence-electron chi connectivity index (χ1n) is 8.45. The summed E-state index contributed by atoms with van der Waals surface area (Å²) in [6.07, 6.45) is 2.70. The minimum atomic E-state index is -3.70. The maximum Gasteiger partial charge on any atom is 0.293 e. The Bertz CT molecular complexity index is 1030. The van der Waals surface area contributed by atoms with Gasteiger partial charge in [-0.2, -0.15) is 4.31 Å². The second-order valence-corrected chi connectivity index (χ2v) is 9.73. The van der Waals surface area contributed by atoms with E-state index in [1.807, 2.05) is 22.9 Å². The molecule has 0 spiro atoms. The monoisotopic (exact) mass is 423 g/mol. The third-order valence-corrected chi connectivity index (χ3v) is 7.64. The second-order valence-electron chi connectivity index (χ2n) is 6.05. The van der Waals surface area contributed by atoms with Crippen LogP contribution >= 0.6 is 22.7 Å². The van der Waals surface area contributed by atoms with Crippen molar-refractivity contribution in [2.45, 2.75) is 24.4 Å². The summed E-state index contributed by atoms with van der Waals surface area (Å²) in [7, 11) is -3.70. The Morgan fingerprint density at radius 1 is 1.15 bits per heavy atom. The number of hydrogen-bond donors (Lipinski definition) is 1. The van der Waals surface area contributed by atoms with Crippen molar-refractivity contribution in [2.75, 3.05) is 18.4 Å². The van der Waals surface area contributed by atoms with Crippen molar-refractivity contribution in [3.8, 4) is 10.6 Å². The van der Waals surface area contributed by atoms with Crippen molar-refractivity contribution in [3.63, 3.8) is 0 Å². The van der Waals surface area contributed by atoms with E-state index in [1.165, 1.54) is 27.8 Å². The normalized spacial score (nSPS) is 15.7. The quantitative estimate of drug-likeness (QED) is 0.672. The predicted molar refractivity (Wildman–Crippen MR) is 105 cm³/mol. The SMILES string of the molecule is O=C(Nc1nc(-c2cccs2)cs1)c1ccc(S(=O)(=O)N2CCCCC2)o1. The molecule has 0 bridgehead atoms. The minimum absolute atomic E-state index is 0.0570. The van der Waals surface area contributed by atoms with Crippen LogP contribution < -0.4 is 5.32 Å². The van der Waals surface area contributed by atoms with Crippen LogP contribution in [0.4, 0.5) is 5.13 Å². The Morgan fingerprint density at radius 3 is 2.70 bits per heavy atom. The molecule has 3 aromatic rings. The predicted octanol–water partition coefficient (Wildman–Crippen LogP) is 3.89. The summed E-state index contributed by atoms with van der Waals surface area (Å²) in [4.78, 5) is 17.8. The molecular weight excluding hydrogens is 406 g/mol. The number of carbonyl (C=O) groups is 1. The number of thiophene rings is 1. The van der Waals surface area contributed by atoms with Crippen molar-refractivity contribution in [2.24, 2.45) is 0 Å². The molecule has 1 fully saturated rings. The number of amides is 1. The maximum atomic E-state index is 12.6. The molecule has 4 rings (SSSR count). The fourth-order valence-electron chi connectivity index (χ4n) is 2.84. The van der Waals surface area contributed by atoms with Gasteiger partial charge in [-0.15, -0.1) is 22.7 Å². The molecule has 0 saturated carbocycles.